The molecular formula is C44H29N3S. The molecule has 10 rings (SSSR count). The van der Waals surface area contributed by atoms with Crippen LogP contribution < -0.4 is 0 Å². The summed E-state index contributed by atoms with van der Waals surface area (Å²) in [6.45, 7) is 2.18. The molecule has 0 fully saturated rings. The Morgan fingerprint density at radius 1 is 0.479 bits per heavy atom. The number of rotatable bonds is 4. The molecule has 0 saturated carbocycles. The van der Waals surface area contributed by atoms with E-state index in [9.17, 15) is 0 Å². The summed E-state index contributed by atoms with van der Waals surface area (Å²) < 4.78 is 7.33. The van der Waals surface area contributed by atoms with Crippen molar-refractivity contribution in [3.63, 3.8) is 0 Å². The molecule has 3 heterocycles. The number of aromatic nitrogens is 3. The highest BCUT2D eigenvalue weighted by Crippen LogP contribution is 2.42. The Labute approximate surface area is 281 Å². The van der Waals surface area contributed by atoms with Gasteiger partial charge in [-0.05, 0) is 96.9 Å². The topological polar surface area (TPSA) is 22.8 Å². The molecule has 0 atom stereocenters. The molecule has 0 aliphatic carbocycles. The third kappa shape index (κ3) is 4.09. The maximum absolute atomic E-state index is 5.09. The lowest BCUT2D eigenvalue weighted by molar-refractivity contribution is 1.10. The number of benzene rings is 7. The smallest absolute Gasteiger partial charge is 0.145 e. The Hall–Kier alpha value is -5.97. The molecule has 3 aromatic heterocycles. The summed E-state index contributed by atoms with van der Waals surface area (Å²) in [4.78, 5) is 5.09. The van der Waals surface area contributed by atoms with E-state index in [0.29, 0.717) is 0 Å². The third-order valence-corrected chi connectivity index (χ3v) is 10.8. The second-order valence-electron chi connectivity index (χ2n) is 12.5. The molecule has 0 aliphatic rings. The van der Waals surface area contributed by atoms with Gasteiger partial charge in [0.1, 0.15) is 5.82 Å². The predicted molar refractivity (Wildman–Crippen MR) is 204 cm³/mol. The van der Waals surface area contributed by atoms with Crippen LogP contribution in [0.1, 0.15) is 5.56 Å². The number of thiophene rings is 1. The maximum Gasteiger partial charge on any atom is 0.145 e. The molecule has 48 heavy (non-hydrogen) atoms. The minimum Gasteiger partial charge on any atom is -0.309 e. The summed E-state index contributed by atoms with van der Waals surface area (Å²) in [5.41, 5.74) is 11.6. The van der Waals surface area contributed by atoms with E-state index in [1.54, 1.807) is 0 Å². The zero-order chi connectivity index (χ0) is 31.8. The first-order valence-corrected chi connectivity index (χ1v) is 17.1. The minimum atomic E-state index is 0.937. The van der Waals surface area contributed by atoms with E-state index in [1.807, 2.05) is 11.3 Å². The van der Waals surface area contributed by atoms with Crippen LogP contribution in [0, 0.1) is 6.92 Å². The summed E-state index contributed by atoms with van der Waals surface area (Å²) in [6.07, 6.45) is 0. The van der Waals surface area contributed by atoms with Gasteiger partial charge in [0.15, 0.2) is 0 Å². The quantitative estimate of drug-likeness (QED) is 0.189. The molecule has 10 aromatic rings. The van der Waals surface area contributed by atoms with Crippen LogP contribution in [0.3, 0.4) is 0 Å². The number of nitrogens with zero attached hydrogens (tertiary/aromatic N) is 3. The highest BCUT2D eigenvalue weighted by atomic mass is 32.1. The van der Waals surface area contributed by atoms with E-state index >= 15 is 0 Å². The van der Waals surface area contributed by atoms with E-state index in [0.717, 1.165) is 33.8 Å². The molecule has 0 unspecified atom stereocenters. The van der Waals surface area contributed by atoms with Crippen molar-refractivity contribution < 1.29 is 0 Å². The fraction of sp³-hybridized carbons (Fsp3) is 0.0227. The van der Waals surface area contributed by atoms with E-state index in [-0.39, 0.29) is 0 Å². The van der Waals surface area contributed by atoms with Gasteiger partial charge in [0, 0.05) is 47.9 Å². The van der Waals surface area contributed by atoms with Gasteiger partial charge < -0.3 is 4.57 Å². The van der Waals surface area contributed by atoms with Gasteiger partial charge in [0.05, 0.1) is 22.1 Å². The lowest BCUT2D eigenvalue weighted by atomic mass is 10.0. The molecule has 0 radical (unpaired) electrons. The molecule has 4 heteroatoms. The highest BCUT2D eigenvalue weighted by Gasteiger charge is 2.18. The van der Waals surface area contributed by atoms with Gasteiger partial charge in [-0.2, -0.15) is 0 Å². The summed E-state index contributed by atoms with van der Waals surface area (Å²) in [6, 6.07) is 57.0. The van der Waals surface area contributed by atoms with E-state index < -0.39 is 0 Å². The van der Waals surface area contributed by atoms with E-state index in [4.69, 9.17) is 4.98 Å². The van der Waals surface area contributed by atoms with Crippen molar-refractivity contribution in [2.45, 2.75) is 6.92 Å². The first-order chi connectivity index (χ1) is 23.7. The molecule has 7 aromatic carbocycles. The molecule has 226 valence electrons. The Morgan fingerprint density at radius 2 is 1.17 bits per heavy atom. The third-order valence-electron chi connectivity index (χ3n) is 9.59. The number of imidazole rings is 1. The molecule has 0 spiro atoms. The fourth-order valence-corrected chi connectivity index (χ4v) is 8.61. The van der Waals surface area contributed by atoms with Gasteiger partial charge in [0.2, 0.25) is 0 Å². The van der Waals surface area contributed by atoms with Gasteiger partial charge in [-0.3, -0.25) is 4.57 Å². The number of para-hydroxylation sites is 3. The molecular weight excluding hydrogens is 603 g/mol. The number of fused-ring (bicyclic) bond motifs is 7. The summed E-state index contributed by atoms with van der Waals surface area (Å²) in [5, 5.41) is 5.19. The zero-order valence-electron chi connectivity index (χ0n) is 26.3. The van der Waals surface area contributed by atoms with Crippen LogP contribution >= 0.6 is 11.3 Å². The van der Waals surface area contributed by atoms with Crippen LogP contribution in [-0.4, -0.2) is 14.1 Å². The SMILES string of the molecule is Cc1ccc2c(c1)c1cc(-c3cccc4c3sc3ccccc34)ccc1n2-c1ccc(-c2nc3ccccc3n2-c2ccccc2)cc1. The molecule has 0 amide bonds. The summed E-state index contributed by atoms with van der Waals surface area (Å²) in [7, 11) is 0. The van der Waals surface area contributed by atoms with Crippen LogP contribution in [0.25, 0.3) is 86.9 Å². The summed E-state index contributed by atoms with van der Waals surface area (Å²) in [5.74, 6) is 0.937. The lowest BCUT2D eigenvalue weighted by Crippen LogP contribution is -1.98. The molecule has 0 saturated heterocycles. The van der Waals surface area contributed by atoms with Gasteiger partial charge in [-0.25, -0.2) is 4.98 Å². The van der Waals surface area contributed by atoms with Crippen molar-refractivity contribution in [2.24, 2.45) is 0 Å². The van der Waals surface area contributed by atoms with Gasteiger partial charge >= 0.3 is 0 Å². The minimum absolute atomic E-state index is 0.937. The predicted octanol–water partition coefficient (Wildman–Crippen LogP) is 12.1. The standard InChI is InChI=1S/C44H29N3S/c1-28-18-24-39-36(26-28)37-27-30(33-13-9-14-35-34-12-5-8-17-42(34)48-43(33)35)21-25-40(37)46(39)32-22-19-29(20-23-32)44-45-38-15-6-7-16-41(38)47(44)31-10-3-2-4-11-31/h2-27H,1H3. The average molecular weight is 632 g/mol. The van der Waals surface area contributed by atoms with Crippen molar-refractivity contribution in [1.82, 2.24) is 14.1 Å². The van der Waals surface area contributed by atoms with Gasteiger partial charge in [-0.15, -0.1) is 11.3 Å². The zero-order valence-corrected chi connectivity index (χ0v) is 27.1. The average Bonchev–Trinajstić information content (AvgIpc) is 3.81. The Balaban J connectivity index is 1.14. The van der Waals surface area contributed by atoms with Crippen LogP contribution in [0.15, 0.2) is 158 Å². The maximum atomic E-state index is 5.09. The Kier molecular flexibility index (Phi) is 5.96. The van der Waals surface area contributed by atoms with Crippen molar-refractivity contribution >= 4 is 64.3 Å². The van der Waals surface area contributed by atoms with Crippen molar-refractivity contribution in [3.05, 3.63) is 163 Å². The largest absolute Gasteiger partial charge is 0.309 e. The number of aryl methyl sites for hydroxylation is 1. The van der Waals surface area contributed by atoms with Gasteiger partial charge in [-0.1, -0.05) is 84.4 Å². The molecule has 0 N–H and O–H groups in total. The summed E-state index contributed by atoms with van der Waals surface area (Å²) >= 11 is 1.88. The Morgan fingerprint density at radius 3 is 2.04 bits per heavy atom. The monoisotopic (exact) mass is 631 g/mol. The highest BCUT2D eigenvalue weighted by molar-refractivity contribution is 7.26. The van der Waals surface area contributed by atoms with Crippen LogP contribution in [0.4, 0.5) is 0 Å². The second kappa shape index (κ2) is 10.5. The van der Waals surface area contributed by atoms with Crippen LogP contribution in [0.2, 0.25) is 0 Å². The fourth-order valence-electron chi connectivity index (χ4n) is 7.37. The Bertz CT molecular complexity index is 2830. The molecule has 0 aliphatic heterocycles. The molecule has 3 nitrogen and oxygen atoms in total. The normalized spacial score (nSPS) is 11.9. The first-order valence-electron chi connectivity index (χ1n) is 16.3. The first kappa shape index (κ1) is 27.2. The van der Waals surface area contributed by atoms with Crippen molar-refractivity contribution in [1.29, 1.82) is 0 Å². The van der Waals surface area contributed by atoms with E-state index in [1.165, 1.54) is 58.7 Å². The van der Waals surface area contributed by atoms with E-state index in [2.05, 4.69) is 174 Å². The number of hydrogen-bond donors (Lipinski definition) is 0. The number of hydrogen-bond acceptors (Lipinski definition) is 2. The second-order valence-corrected chi connectivity index (χ2v) is 13.6. The van der Waals surface area contributed by atoms with Crippen LogP contribution in [-0.2, 0) is 0 Å². The molecule has 0 bridgehead atoms. The van der Waals surface area contributed by atoms with Crippen LogP contribution in [0.5, 0.6) is 0 Å². The van der Waals surface area contributed by atoms with Crippen molar-refractivity contribution in [3.8, 4) is 33.9 Å². The lowest BCUT2D eigenvalue weighted by Gasteiger charge is -2.12. The van der Waals surface area contributed by atoms with Gasteiger partial charge in [0.25, 0.3) is 0 Å². The van der Waals surface area contributed by atoms with Crippen molar-refractivity contribution in [2.75, 3.05) is 0 Å².